The van der Waals surface area contributed by atoms with Crippen molar-refractivity contribution >= 4 is 11.7 Å². The lowest BCUT2D eigenvalue weighted by atomic mass is 10.1. The summed E-state index contributed by atoms with van der Waals surface area (Å²) >= 11 is 0. The molecule has 0 spiro atoms. The van der Waals surface area contributed by atoms with Gasteiger partial charge in [-0.3, -0.25) is 9.69 Å². The standard InChI is InChI=1S/C20H22N4O/c1-3-4-5-6-11-24-18(25)12-16-17(13-21)22-19(23-20(16)24)15-9-7-14(2)8-10-15/h7-10H,3-6,11-12H2,1-2H3. The number of unbranched alkanes of at least 4 members (excludes halogenated alkanes) is 3. The SMILES string of the molecule is CCCCCCN1C(=O)Cc2c(C#N)nc(-c3ccc(C)cc3)nc21. The fourth-order valence-electron chi connectivity index (χ4n) is 3.07. The average Bonchev–Trinajstić information content (AvgIpc) is 2.94. The van der Waals surface area contributed by atoms with Gasteiger partial charge >= 0.3 is 0 Å². The second kappa shape index (κ2) is 7.43. The maximum atomic E-state index is 12.4. The van der Waals surface area contributed by atoms with Gasteiger partial charge < -0.3 is 0 Å². The molecule has 2 aromatic rings. The van der Waals surface area contributed by atoms with Crippen LogP contribution in [-0.4, -0.2) is 22.4 Å². The number of anilines is 1. The monoisotopic (exact) mass is 334 g/mol. The molecule has 3 rings (SSSR count). The third kappa shape index (κ3) is 3.53. The summed E-state index contributed by atoms with van der Waals surface area (Å²) in [5.74, 6) is 1.13. The van der Waals surface area contributed by atoms with Crippen molar-refractivity contribution in [2.45, 2.75) is 46.0 Å². The molecule has 1 aromatic heterocycles. The molecule has 0 fully saturated rings. The van der Waals surface area contributed by atoms with Crippen LogP contribution in [0.15, 0.2) is 24.3 Å². The van der Waals surface area contributed by atoms with E-state index < -0.39 is 0 Å². The van der Waals surface area contributed by atoms with Gasteiger partial charge in [0.15, 0.2) is 5.82 Å². The fraction of sp³-hybridized carbons (Fsp3) is 0.400. The van der Waals surface area contributed by atoms with Crippen LogP contribution in [-0.2, 0) is 11.2 Å². The Labute approximate surface area is 148 Å². The summed E-state index contributed by atoms with van der Waals surface area (Å²) in [7, 11) is 0. The molecule has 1 aliphatic heterocycles. The largest absolute Gasteiger partial charge is 0.296 e. The Balaban J connectivity index is 1.95. The van der Waals surface area contributed by atoms with E-state index in [2.05, 4.69) is 23.0 Å². The van der Waals surface area contributed by atoms with Crippen LogP contribution in [0.1, 0.15) is 49.4 Å². The molecule has 5 nitrogen and oxygen atoms in total. The molecule has 0 bridgehead atoms. The van der Waals surface area contributed by atoms with E-state index in [4.69, 9.17) is 0 Å². The van der Waals surface area contributed by atoms with E-state index in [-0.39, 0.29) is 12.3 Å². The lowest BCUT2D eigenvalue weighted by Gasteiger charge is -2.17. The van der Waals surface area contributed by atoms with Crippen LogP contribution < -0.4 is 4.90 Å². The summed E-state index contributed by atoms with van der Waals surface area (Å²) in [5, 5.41) is 9.47. The second-order valence-electron chi connectivity index (χ2n) is 6.46. The lowest BCUT2D eigenvalue weighted by Crippen LogP contribution is -2.28. The van der Waals surface area contributed by atoms with Crippen LogP contribution in [0, 0.1) is 18.3 Å². The van der Waals surface area contributed by atoms with Crippen LogP contribution in [0.4, 0.5) is 5.82 Å². The zero-order chi connectivity index (χ0) is 17.8. The molecule has 0 saturated carbocycles. The van der Waals surface area contributed by atoms with E-state index >= 15 is 0 Å². The number of fused-ring (bicyclic) bond motifs is 1. The van der Waals surface area contributed by atoms with E-state index in [1.54, 1.807) is 4.90 Å². The van der Waals surface area contributed by atoms with Gasteiger partial charge in [0.1, 0.15) is 17.6 Å². The minimum absolute atomic E-state index is 0.0124. The van der Waals surface area contributed by atoms with E-state index in [0.717, 1.165) is 36.8 Å². The highest BCUT2D eigenvalue weighted by Crippen LogP contribution is 2.31. The number of amides is 1. The zero-order valence-electron chi connectivity index (χ0n) is 14.7. The quantitative estimate of drug-likeness (QED) is 0.754. The average molecular weight is 334 g/mol. The molecule has 1 amide bonds. The van der Waals surface area contributed by atoms with Crippen molar-refractivity contribution in [2.24, 2.45) is 0 Å². The molecule has 0 atom stereocenters. The Morgan fingerprint density at radius 1 is 1.16 bits per heavy atom. The summed E-state index contributed by atoms with van der Waals surface area (Å²) in [4.78, 5) is 23.2. The highest BCUT2D eigenvalue weighted by atomic mass is 16.2. The smallest absolute Gasteiger partial charge is 0.232 e. The van der Waals surface area contributed by atoms with Gasteiger partial charge in [-0.25, -0.2) is 9.97 Å². The molecule has 128 valence electrons. The number of hydrogen-bond acceptors (Lipinski definition) is 4. The maximum Gasteiger partial charge on any atom is 0.232 e. The molecular formula is C20H22N4O. The second-order valence-corrected chi connectivity index (χ2v) is 6.46. The minimum atomic E-state index is 0.0124. The van der Waals surface area contributed by atoms with Crippen molar-refractivity contribution in [3.8, 4) is 17.5 Å². The number of aryl methyl sites for hydroxylation is 1. The van der Waals surface area contributed by atoms with E-state index in [1.807, 2.05) is 31.2 Å². The van der Waals surface area contributed by atoms with E-state index in [1.165, 1.54) is 0 Å². The van der Waals surface area contributed by atoms with Crippen molar-refractivity contribution in [3.05, 3.63) is 41.1 Å². The lowest BCUT2D eigenvalue weighted by molar-refractivity contribution is -0.117. The van der Waals surface area contributed by atoms with E-state index in [9.17, 15) is 10.1 Å². The van der Waals surface area contributed by atoms with Gasteiger partial charge in [0.05, 0.1) is 6.42 Å². The minimum Gasteiger partial charge on any atom is -0.296 e. The Hall–Kier alpha value is -2.74. The molecule has 0 N–H and O–H groups in total. The first kappa shape index (κ1) is 17.1. The molecule has 0 unspecified atom stereocenters. The highest BCUT2D eigenvalue weighted by Gasteiger charge is 2.32. The zero-order valence-corrected chi connectivity index (χ0v) is 14.7. The normalized spacial score (nSPS) is 13.0. The topological polar surface area (TPSA) is 69.9 Å². The third-order valence-electron chi connectivity index (χ3n) is 4.52. The van der Waals surface area contributed by atoms with Crippen molar-refractivity contribution in [1.29, 1.82) is 5.26 Å². The van der Waals surface area contributed by atoms with Crippen LogP contribution in [0.25, 0.3) is 11.4 Å². The van der Waals surface area contributed by atoms with Gasteiger partial charge in [0, 0.05) is 17.7 Å². The highest BCUT2D eigenvalue weighted by molar-refractivity contribution is 6.01. The Bertz CT molecular complexity index is 821. The number of hydrogen-bond donors (Lipinski definition) is 0. The van der Waals surface area contributed by atoms with Gasteiger partial charge in [-0.2, -0.15) is 5.26 Å². The number of rotatable bonds is 6. The van der Waals surface area contributed by atoms with Crippen molar-refractivity contribution < 1.29 is 4.79 Å². The molecule has 1 aliphatic rings. The molecule has 0 radical (unpaired) electrons. The Kier molecular flexibility index (Phi) is 5.08. The molecular weight excluding hydrogens is 312 g/mol. The summed E-state index contributed by atoms with van der Waals surface area (Å²) in [5.41, 5.74) is 2.98. The molecule has 0 aliphatic carbocycles. The molecule has 1 aromatic carbocycles. The van der Waals surface area contributed by atoms with Crippen molar-refractivity contribution in [1.82, 2.24) is 9.97 Å². The third-order valence-corrected chi connectivity index (χ3v) is 4.52. The summed E-state index contributed by atoms with van der Waals surface area (Å²) in [6.45, 7) is 4.84. The van der Waals surface area contributed by atoms with Crippen molar-refractivity contribution in [2.75, 3.05) is 11.4 Å². The molecule has 5 heteroatoms. The first-order valence-electron chi connectivity index (χ1n) is 8.82. The molecule has 2 heterocycles. The first-order chi connectivity index (χ1) is 12.1. The summed E-state index contributed by atoms with van der Waals surface area (Å²) in [6, 6.07) is 10.0. The van der Waals surface area contributed by atoms with Crippen LogP contribution in [0.5, 0.6) is 0 Å². The predicted octanol–water partition coefficient (Wildman–Crippen LogP) is 3.79. The summed E-state index contributed by atoms with van der Waals surface area (Å²) < 4.78 is 0. The van der Waals surface area contributed by atoms with E-state index in [0.29, 0.717) is 29.4 Å². The van der Waals surface area contributed by atoms with Crippen molar-refractivity contribution in [3.63, 3.8) is 0 Å². The fourth-order valence-corrected chi connectivity index (χ4v) is 3.07. The van der Waals surface area contributed by atoms with Gasteiger partial charge in [-0.05, 0) is 13.3 Å². The number of nitriles is 1. The van der Waals surface area contributed by atoms with Gasteiger partial charge in [0.25, 0.3) is 0 Å². The van der Waals surface area contributed by atoms with Crippen LogP contribution in [0.3, 0.4) is 0 Å². The van der Waals surface area contributed by atoms with Gasteiger partial charge in [-0.15, -0.1) is 0 Å². The number of carbonyl (C=O) groups excluding carboxylic acids is 1. The maximum absolute atomic E-state index is 12.4. The number of carbonyl (C=O) groups is 1. The predicted molar refractivity (Wildman–Crippen MR) is 97.1 cm³/mol. The molecule has 25 heavy (non-hydrogen) atoms. The molecule has 0 saturated heterocycles. The summed E-state index contributed by atoms with van der Waals surface area (Å²) in [6.07, 6.45) is 4.58. The first-order valence-corrected chi connectivity index (χ1v) is 8.82. The Morgan fingerprint density at radius 3 is 2.60 bits per heavy atom. The Morgan fingerprint density at radius 2 is 1.92 bits per heavy atom. The van der Waals surface area contributed by atoms with Gasteiger partial charge in [0.2, 0.25) is 5.91 Å². The van der Waals surface area contributed by atoms with Gasteiger partial charge in [-0.1, -0.05) is 56.0 Å². The number of aromatic nitrogens is 2. The van der Waals surface area contributed by atoms with Crippen LogP contribution in [0.2, 0.25) is 0 Å². The number of benzene rings is 1. The van der Waals surface area contributed by atoms with Crippen LogP contribution >= 0.6 is 0 Å². The number of nitrogens with zero attached hydrogens (tertiary/aromatic N) is 4.